The maximum atomic E-state index is 13.3. The SMILES string of the molecule is CCCCCCCCCCCCCCCC/C=C/CC/C=C/C(O)C(COC1OC(CO)C(OC2OC(CO)C(O)C(O)C2O)C(O)C1O)NC(=O)CCCCCCCCCCCCCCCCCCCCCCCCCCCCCCCCC. The fraction of sp³-hybridized carbons (Fsp3) is 0.930. The van der Waals surface area contributed by atoms with E-state index in [1.54, 1.807) is 6.08 Å². The maximum absolute atomic E-state index is 13.3. The molecule has 14 heteroatoms. The largest absolute Gasteiger partial charge is 0.394 e. The summed E-state index contributed by atoms with van der Waals surface area (Å²) in [4.78, 5) is 13.3. The number of amides is 1. The summed E-state index contributed by atoms with van der Waals surface area (Å²) in [7, 11) is 0. The van der Waals surface area contributed by atoms with Crippen LogP contribution in [-0.4, -0.2) is 140 Å². The van der Waals surface area contributed by atoms with Gasteiger partial charge >= 0.3 is 0 Å². The molecule has 0 aromatic heterocycles. The molecule has 2 heterocycles. The van der Waals surface area contributed by atoms with Gasteiger partial charge in [-0.3, -0.25) is 4.79 Å². The summed E-state index contributed by atoms with van der Waals surface area (Å²) in [5.74, 6) is -0.241. The van der Waals surface area contributed by atoms with Crippen LogP contribution in [0.25, 0.3) is 0 Å². The number of carbonyl (C=O) groups is 1. The molecule has 0 aromatic rings. The third-order valence-corrected chi connectivity index (χ3v) is 17.9. The summed E-state index contributed by atoms with van der Waals surface area (Å²) in [6.07, 6.45) is 53.9. The highest BCUT2D eigenvalue weighted by Crippen LogP contribution is 2.30. The molecule has 2 saturated heterocycles. The molecule has 12 unspecified atom stereocenters. The van der Waals surface area contributed by atoms with Crippen LogP contribution in [0.4, 0.5) is 0 Å². The first-order valence-corrected chi connectivity index (χ1v) is 36.1. The van der Waals surface area contributed by atoms with E-state index in [9.17, 15) is 45.6 Å². The number of unbranched alkanes of at least 4 members (excludes halogenated alkanes) is 45. The Morgan fingerprint density at radius 2 is 0.753 bits per heavy atom. The molecule has 12 atom stereocenters. The summed E-state index contributed by atoms with van der Waals surface area (Å²) in [6, 6.07) is -0.929. The Hall–Kier alpha value is -1.53. The van der Waals surface area contributed by atoms with Gasteiger partial charge in [0.05, 0.1) is 32.0 Å². The van der Waals surface area contributed by atoms with E-state index < -0.39 is 86.8 Å². The van der Waals surface area contributed by atoms with Gasteiger partial charge in [-0.15, -0.1) is 0 Å². The predicted molar refractivity (Wildman–Crippen MR) is 346 cm³/mol. The van der Waals surface area contributed by atoms with Crippen molar-refractivity contribution in [2.24, 2.45) is 0 Å². The van der Waals surface area contributed by atoms with Gasteiger partial charge in [0.2, 0.25) is 5.91 Å². The van der Waals surface area contributed by atoms with E-state index in [1.807, 2.05) is 6.08 Å². The minimum Gasteiger partial charge on any atom is -0.394 e. The Morgan fingerprint density at radius 3 is 1.15 bits per heavy atom. The molecule has 0 radical (unpaired) electrons. The summed E-state index contributed by atoms with van der Waals surface area (Å²) in [5.41, 5.74) is 0. The van der Waals surface area contributed by atoms with Crippen molar-refractivity contribution in [3.8, 4) is 0 Å². The smallest absolute Gasteiger partial charge is 0.220 e. The lowest BCUT2D eigenvalue weighted by Gasteiger charge is -2.46. The zero-order chi connectivity index (χ0) is 61.6. The molecule has 0 aliphatic carbocycles. The Labute approximate surface area is 519 Å². The van der Waals surface area contributed by atoms with E-state index in [0.717, 1.165) is 32.1 Å². The molecule has 2 fully saturated rings. The Balaban J connectivity index is 1.65. The Bertz CT molecular complexity index is 1520. The third-order valence-electron chi connectivity index (χ3n) is 17.9. The quantitative estimate of drug-likeness (QED) is 0.0204. The van der Waals surface area contributed by atoms with Crippen LogP contribution in [0.3, 0.4) is 0 Å². The van der Waals surface area contributed by atoms with Gasteiger partial charge in [0, 0.05) is 6.42 Å². The number of aliphatic hydroxyl groups is 8. The second kappa shape index (κ2) is 56.5. The number of allylic oxidation sites excluding steroid dienone is 3. The molecule has 0 spiro atoms. The molecule has 2 aliphatic heterocycles. The summed E-state index contributed by atoms with van der Waals surface area (Å²) in [5, 5.41) is 87.4. The van der Waals surface area contributed by atoms with Gasteiger partial charge in [0.25, 0.3) is 0 Å². The van der Waals surface area contributed by atoms with Crippen molar-refractivity contribution in [3.63, 3.8) is 0 Å². The monoisotopic (exact) mass is 1210 g/mol. The summed E-state index contributed by atoms with van der Waals surface area (Å²) >= 11 is 0. The molecular weight excluding hydrogens is 1070 g/mol. The van der Waals surface area contributed by atoms with E-state index >= 15 is 0 Å². The zero-order valence-electron chi connectivity index (χ0n) is 54.6. The van der Waals surface area contributed by atoms with Gasteiger partial charge < -0.3 is 65.1 Å². The van der Waals surface area contributed by atoms with E-state index in [2.05, 4.69) is 31.3 Å². The summed E-state index contributed by atoms with van der Waals surface area (Å²) < 4.78 is 22.8. The van der Waals surface area contributed by atoms with Crippen molar-refractivity contribution >= 4 is 5.91 Å². The van der Waals surface area contributed by atoms with Gasteiger partial charge in [-0.2, -0.15) is 0 Å². The number of hydrogen-bond donors (Lipinski definition) is 9. The second-order valence-electron chi connectivity index (χ2n) is 25.7. The Morgan fingerprint density at radius 1 is 0.412 bits per heavy atom. The van der Waals surface area contributed by atoms with Crippen molar-refractivity contribution in [1.82, 2.24) is 5.32 Å². The molecule has 0 saturated carbocycles. The van der Waals surface area contributed by atoms with Crippen molar-refractivity contribution in [2.45, 2.75) is 402 Å². The van der Waals surface area contributed by atoms with Crippen LogP contribution in [0, 0.1) is 0 Å². The zero-order valence-corrected chi connectivity index (χ0v) is 54.6. The molecular formula is C71H135NO13. The van der Waals surface area contributed by atoms with Crippen LogP contribution in [0.1, 0.15) is 328 Å². The maximum Gasteiger partial charge on any atom is 0.220 e. The predicted octanol–water partition coefficient (Wildman–Crippen LogP) is 14.7. The van der Waals surface area contributed by atoms with Crippen LogP contribution in [0.5, 0.6) is 0 Å². The highest BCUT2D eigenvalue weighted by Gasteiger charge is 2.51. The van der Waals surface area contributed by atoms with E-state index in [4.69, 9.17) is 18.9 Å². The van der Waals surface area contributed by atoms with Crippen molar-refractivity contribution < 1.29 is 64.6 Å². The average molecular weight is 1210 g/mol. The molecule has 1 amide bonds. The van der Waals surface area contributed by atoms with Gasteiger partial charge in [-0.25, -0.2) is 0 Å². The highest BCUT2D eigenvalue weighted by molar-refractivity contribution is 5.76. The molecule has 0 aromatic carbocycles. The first kappa shape index (κ1) is 79.6. The topological polar surface area (TPSA) is 228 Å². The van der Waals surface area contributed by atoms with E-state index in [-0.39, 0.29) is 18.9 Å². The lowest BCUT2D eigenvalue weighted by molar-refractivity contribution is -0.359. The molecule has 2 aliphatic rings. The number of hydrogen-bond acceptors (Lipinski definition) is 13. The van der Waals surface area contributed by atoms with Crippen LogP contribution in [0.2, 0.25) is 0 Å². The van der Waals surface area contributed by atoms with Crippen molar-refractivity contribution in [2.75, 3.05) is 19.8 Å². The van der Waals surface area contributed by atoms with Gasteiger partial charge in [-0.1, -0.05) is 314 Å². The van der Waals surface area contributed by atoms with Crippen LogP contribution >= 0.6 is 0 Å². The standard InChI is InChI=1S/C71H135NO13/c1-3-5-7-9-11-13-15-17-19-21-23-25-26-27-28-29-30-31-32-33-34-35-37-39-41-43-45-47-49-51-53-55-63(76)72-59(60(75)54-52-50-48-46-44-42-40-38-36-24-22-20-18-16-14-12-10-8-6-4-2)58-82-70-68(81)66(79)69(62(57-74)84-70)85-71-67(80)65(78)64(77)61(56-73)83-71/h44,46,52,54,59-62,64-71,73-75,77-81H,3-43,45,47-51,53,55-58H2,1-2H3,(H,72,76)/b46-44+,54-52+. The van der Waals surface area contributed by atoms with Gasteiger partial charge in [-0.05, 0) is 32.1 Å². The molecule has 0 bridgehead atoms. The fourth-order valence-corrected chi connectivity index (χ4v) is 12.1. The van der Waals surface area contributed by atoms with Crippen LogP contribution in [-0.2, 0) is 23.7 Å². The van der Waals surface area contributed by atoms with Crippen LogP contribution < -0.4 is 5.32 Å². The number of ether oxygens (including phenoxy) is 4. The van der Waals surface area contributed by atoms with Crippen molar-refractivity contribution in [1.29, 1.82) is 0 Å². The number of carbonyl (C=O) groups excluding carboxylic acids is 1. The normalized spacial score (nSPS) is 23.6. The average Bonchev–Trinajstić information content (AvgIpc) is 3.29. The first-order valence-electron chi connectivity index (χ1n) is 36.1. The van der Waals surface area contributed by atoms with Crippen LogP contribution in [0.15, 0.2) is 24.3 Å². The molecule has 85 heavy (non-hydrogen) atoms. The van der Waals surface area contributed by atoms with Crippen molar-refractivity contribution in [3.05, 3.63) is 24.3 Å². The summed E-state index contributed by atoms with van der Waals surface area (Å²) in [6.45, 7) is 2.84. The lowest BCUT2D eigenvalue weighted by Crippen LogP contribution is -2.65. The number of rotatable bonds is 60. The van der Waals surface area contributed by atoms with Gasteiger partial charge in [0.15, 0.2) is 12.6 Å². The fourth-order valence-electron chi connectivity index (χ4n) is 12.1. The Kier molecular flexibility index (Phi) is 52.8. The van der Waals surface area contributed by atoms with E-state index in [1.165, 1.54) is 263 Å². The minimum absolute atomic E-state index is 0.241. The number of aliphatic hydroxyl groups excluding tert-OH is 8. The van der Waals surface area contributed by atoms with E-state index in [0.29, 0.717) is 12.8 Å². The molecule has 2 rings (SSSR count). The second-order valence-corrected chi connectivity index (χ2v) is 25.7. The third kappa shape index (κ3) is 40.8. The van der Waals surface area contributed by atoms with Gasteiger partial charge in [0.1, 0.15) is 48.8 Å². The molecule has 14 nitrogen and oxygen atoms in total. The lowest BCUT2D eigenvalue weighted by atomic mass is 9.97. The molecule has 9 N–H and O–H groups in total. The highest BCUT2D eigenvalue weighted by atomic mass is 16.7. The first-order chi connectivity index (χ1) is 41.6. The number of nitrogens with one attached hydrogen (secondary N) is 1. The molecule has 502 valence electrons. The minimum atomic E-state index is -1.79.